The van der Waals surface area contributed by atoms with Crippen LogP contribution < -0.4 is 21.4 Å². The van der Waals surface area contributed by atoms with E-state index in [9.17, 15) is 18.8 Å². The first-order valence-electron chi connectivity index (χ1n) is 12.4. The molecule has 0 bridgehead atoms. The average Bonchev–Trinajstić information content (AvgIpc) is 2.83. The minimum atomic E-state index is -0.902. The normalized spacial score (nSPS) is 13.6. The van der Waals surface area contributed by atoms with Gasteiger partial charge >= 0.3 is 11.9 Å². The van der Waals surface area contributed by atoms with Gasteiger partial charge in [-0.3, -0.25) is 9.59 Å². The number of ether oxygens (including phenoxy) is 2. The van der Waals surface area contributed by atoms with Crippen molar-refractivity contribution in [2.45, 2.75) is 46.4 Å². The van der Waals surface area contributed by atoms with Gasteiger partial charge in [-0.25, -0.2) is 13.6 Å². The minimum Gasteiger partial charge on any atom is -0.462 e. The maximum absolute atomic E-state index is 15.6. The second-order valence-corrected chi connectivity index (χ2v) is 10.4. The SMILES string of the molecule is CCOC(=O)c1cn(-c2cc(N)c(F)cc2COC(C)=O)c2c(Br)c(N3CC(NC(C)C)C3)c(F)cc2c1=O. The van der Waals surface area contributed by atoms with E-state index in [1.54, 1.807) is 6.92 Å². The number of carbonyl (C=O) groups excluding carboxylic acids is 2. The third-order valence-electron chi connectivity index (χ3n) is 6.31. The van der Waals surface area contributed by atoms with Crippen LogP contribution in [0.25, 0.3) is 16.6 Å². The van der Waals surface area contributed by atoms with Crippen molar-refractivity contribution in [2.24, 2.45) is 0 Å². The summed E-state index contributed by atoms with van der Waals surface area (Å²) in [6.45, 7) is 7.61. The highest BCUT2D eigenvalue weighted by atomic mass is 79.9. The van der Waals surface area contributed by atoms with Crippen molar-refractivity contribution in [3.05, 3.63) is 61.9 Å². The van der Waals surface area contributed by atoms with E-state index in [-0.39, 0.29) is 68.9 Å². The predicted molar refractivity (Wildman–Crippen MR) is 147 cm³/mol. The molecule has 1 aliphatic rings. The number of fused-ring (bicyclic) bond motifs is 1. The Morgan fingerprint density at radius 1 is 1.18 bits per heavy atom. The summed E-state index contributed by atoms with van der Waals surface area (Å²) in [7, 11) is 0. The fraction of sp³-hybridized carbons (Fsp3) is 0.370. The first-order chi connectivity index (χ1) is 18.4. The number of anilines is 2. The third-order valence-corrected chi connectivity index (χ3v) is 7.06. The summed E-state index contributed by atoms with van der Waals surface area (Å²) in [5.41, 5.74) is 5.48. The van der Waals surface area contributed by atoms with Crippen LogP contribution in [-0.2, 0) is 20.9 Å². The van der Waals surface area contributed by atoms with Gasteiger partial charge in [0.2, 0.25) is 5.43 Å². The number of nitrogens with one attached hydrogen (secondary N) is 1. The van der Waals surface area contributed by atoms with Gasteiger partial charge in [0.05, 0.1) is 39.0 Å². The highest BCUT2D eigenvalue weighted by Gasteiger charge is 2.32. The standard InChI is InChI=1S/C27H29BrF2N4O5/c1-5-38-27(37)18-11-34(22-8-21(31)19(29)6-15(22)12-39-14(4)35)24-17(26(18)36)7-20(30)25(23(24)28)33-9-16(10-33)32-13(2)3/h6-8,11,13,16,32H,5,9-10,12,31H2,1-4H3. The number of nitrogen functional groups attached to an aromatic ring is 1. The second-order valence-electron chi connectivity index (χ2n) is 9.59. The van der Waals surface area contributed by atoms with Crippen molar-refractivity contribution in [1.29, 1.82) is 0 Å². The average molecular weight is 607 g/mol. The number of aromatic nitrogens is 1. The molecule has 9 nitrogen and oxygen atoms in total. The highest BCUT2D eigenvalue weighted by Crippen LogP contribution is 2.39. The first-order valence-corrected chi connectivity index (χ1v) is 13.2. The predicted octanol–water partition coefficient (Wildman–Crippen LogP) is 4.04. The van der Waals surface area contributed by atoms with Crippen molar-refractivity contribution in [2.75, 3.05) is 30.3 Å². The van der Waals surface area contributed by atoms with E-state index in [4.69, 9.17) is 15.2 Å². The number of nitrogens with zero attached hydrogens (tertiary/aromatic N) is 2. The summed E-state index contributed by atoms with van der Waals surface area (Å²) >= 11 is 3.50. The van der Waals surface area contributed by atoms with E-state index in [2.05, 4.69) is 21.2 Å². The van der Waals surface area contributed by atoms with Crippen LogP contribution >= 0.6 is 15.9 Å². The Labute approximate surface area is 232 Å². The lowest BCUT2D eigenvalue weighted by Gasteiger charge is -2.43. The molecule has 2 heterocycles. The van der Waals surface area contributed by atoms with Gasteiger partial charge in [0, 0.05) is 43.9 Å². The van der Waals surface area contributed by atoms with E-state index in [1.807, 2.05) is 18.7 Å². The van der Waals surface area contributed by atoms with E-state index < -0.39 is 29.0 Å². The lowest BCUT2D eigenvalue weighted by molar-refractivity contribution is -0.142. The zero-order chi connectivity index (χ0) is 28.6. The van der Waals surface area contributed by atoms with Crippen molar-refractivity contribution in [1.82, 2.24) is 9.88 Å². The zero-order valence-electron chi connectivity index (χ0n) is 21.9. The Morgan fingerprint density at radius 3 is 2.49 bits per heavy atom. The van der Waals surface area contributed by atoms with Gasteiger partial charge in [0.15, 0.2) is 0 Å². The van der Waals surface area contributed by atoms with Crippen LogP contribution in [0.15, 0.2) is 33.7 Å². The Hall–Kier alpha value is -3.51. The molecule has 39 heavy (non-hydrogen) atoms. The van der Waals surface area contributed by atoms with Crippen LogP contribution in [-0.4, -0.2) is 48.3 Å². The molecule has 3 aromatic rings. The molecule has 4 rings (SSSR count). The number of esters is 2. The summed E-state index contributed by atoms with van der Waals surface area (Å²) < 4.78 is 41.9. The number of rotatable bonds is 8. The number of hydrogen-bond acceptors (Lipinski definition) is 8. The molecular formula is C27H29BrF2N4O5. The number of halogens is 3. The summed E-state index contributed by atoms with van der Waals surface area (Å²) in [5.74, 6) is -2.89. The van der Waals surface area contributed by atoms with Crippen LogP contribution in [0.5, 0.6) is 0 Å². The molecule has 208 valence electrons. The first kappa shape index (κ1) is 28.5. The Morgan fingerprint density at radius 2 is 1.87 bits per heavy atom. The van der Waals surface area contributed by atoms with Gasteiger partial charge in [-0.2, -0.15) is 0 Å². The Balaban J connectivity index is 2.00. The number of nitrogens with two attached hydrogens (primary N) is 1. The Bertz CT molecular complexity index is 1520. The summed E-state index contributed by atoms with van der Waals surface area (Å²) in [4.78, 5) is 39.5. The van der Waals surface area contributed by atoms with Gasteiger partial charge in [-0.15, -0.1) is 0 Å². The molecule has 0 saturated carbocycles. The molecule has 1 aromatic heterocycles. The molecule has 2 aromatic carbocycles. The lowest BCUT2D eigenvalue weighted by atomic mass is 10.0. The molecule has 3 N–H and O–H groups in total. The van der Waals surface area contributed by atoms with E-state index in [1.165, 1.54) is 23.8 Å². The highest BCUT2D eigenvalue weighted by molar-refractivity contribution is 9.10. The maximum Gasteiger partial charge on any atom is 0.343 e. The molecule has 1 saturated heterocycles. The lowest BCUT2D eigenvalue weighted by Crippen LogP contribution is -2.59. The molecule has 0 atom stereocenters. The monoisotopic (exact) mass is 606 g/mol. The zero-order valence-corrected chi connectivity index (χ0v) is 23.5. The molecule has 12 heteroatoms. The van der Waals surface area contributed by atoms with Gasteiger partial charge in [0.1, 0.15) is 23.8 Å². The molecule has 0 radical (unpaired) electrons. The molecule has 1 fully saturated rings. The quantitative estimate of drug-likeness (QED) is 0.291. The molecule has 1 aliphatic heterocycles. The van der Waals surface area contributed by atoms with Crippen LogP contribution in [0.2, 0.25) is 0 Å². The second kappa shape index (κ2) is 11.3. The van der Waals surface area contributed by atoms with Crippen LogP contribution in [0.3, 0.4) is 0 Å². The van der Waals surface area contributed by atoms with Gasteiger partial charge in [0.25, 0.3) is 0 Å². The van der Waals surface area contributed by atoms with Crippen molar-refractivity contribution < 1.29 is 27.8 Å². The van der Waals surface area contributed by atoms with E-state index in [0.29, 0.717) is 13.1 Å². The van der Waals surface area contributed by atoms with Gasteiger partial charge in [-0.1, -0.05) is 13.8 Å². The third kappa shape index (κ3) is 5.62. The Kier molecular flexibility index (Phi) is 8.26. The summed E-state index contributed by atoms with van der Waals surface area (Å²) in [5, 5.41) is 3.29. The number of pyridine rings is 1. The smallest absolute Gasteiger partial charge is 0.343 e. The van der Waals surface area contributed by atoms with E-state index in [0.717, 1.165) is 12.1 Å². The van der Waals surface area contributed by atoms with Crippen molar-refractivity contribution >= 4 is 50.1 Å². The van der Waals surface area contributed by atoms with E-state index >= 15 is 4.39 Å². The van der Waals surface area contributed by atoms with Crippen LogP contribution in [0.4, 0.5) is 20.2 Å². The van der Waals surface area contributed by atoms with Gasteiger partial charge < -0.3 is 30.0 Å². The molecule has 0 unspecified atom stereocenters. The number of benzene rings is 2. The summed E-state index contributed by atoms with van der Waals surface area (Å²) in [6.07, 6.45) is 1.25. The maximum atomic E-state index is 15.6. The topological polar surface area (TPSA) is 116 Å². The van der Waals surface area contributed by atoms with Crippen molar-refractivity contribution in [3.63, 3.8) is 0 Å². The van der Waals surface area contributed by atoms with Crippen LogP contribution in [0, 0.1) is 11.6 Å². The van der Waals surface area contributed by atoms with Crippen LogP contribution in [0.1, 0.15) is 43.6 Å². The van der Waals surface area contributed by atoms with Gasteiger partial charge in [-0.05, 0) is 41.1 Å². The fourth-order valence-corrected chi connectivity index (χ4v) is 5.46. The fourth-order valence-electron chi connectivity index (χ4n) is 4.62. The minimum absolute atomic E-state index is 0.00897. The number of carbonyl (C=O) groups is 2. The largest absolute Gasteiger partial charge is 0.462 e. The number of hydrogen-bond donors (Lipinski definition) is 2. The molecule has 0 spiro atoms. The molecule has 0 aliphatic carbocycles. The van der Waals surface area contributed by atoms with Crippen molar-refractivity contribution in [3.8, 4) is 5.69 Å². The molecular weight excluding hydrogens is 578 g/mol. The summed E-state index contributed by atoms with van der Waals surface area (Å²) in [6, 6.07) is 3.91. The molecule has 0 amide bonds.